The highest BCUT2D eigenvalue weighted by molar-refractivity contribution is 5.81. The van der Waals surface area contributed by atoms with Crippen molar-refractivity contribution in [1.29, 1.82) is 0 Å². The number of hydrogen-bond donors (Lipinski definition) is 2. The Hall–Kier alpha value is -1.71. The van der Waals surface area contributed by atoms with Gasteiger partial charge in [0.1, 0.15) is 12.4 Å². The first-order valence-corrected chi connectivity index (χ1v) is 4.50. The van der Waals surface area contributed by atoms with Gasteiger partial charge in [-0.25, -0.2) is 0 Å². The Morgan fingerprint density at radius 1 is 1.36 bits per heavy atom. The zero-order valence-electron chi connectivity index (χ0n) is 8.23. The van der Waals surface area contributed by atoms with Crippen LogP contribution in [0.4, 0.5) is 0 Å². The summed E-state index contributed by atoms with van der Waals surface area (Å²) >= 11 is 0. The van der Waals surface area contributed by atoms with E-state index in [0.717, 1.165) is 12.2 Å². The lowest BCUT2D eigenvalue weighted by Crippen LogP contribution is -2.22. The third-order valence-corrected chi connectivity index (χ3v) is 1.88. The number of aryl methyl sites for hydroxylation is 1. The summed E-state index contributed by atoms with van der Waals surface area (Å²) in [7, 11) is 0. The zero-order valence-corrected chi connectivity index (χ0v) is 8.23. The molecule has 0 aromatic heterocycles. The molecule has 0 aliphatic heterocycles. The average Bonchev–Trinajstić information content (AvgIpc) is 2.26. The smallest absolute Gasteiger partial charge is 0.157 e. The largest absolute Gasteiger partial charge is 0.486 e. The van der Waals surface area contributed by atoms with E-state index in [-0.39, 0.29) is 12.4 Å². The molecule has 4 N–H and O–H groups in total. The summed E-state index contributed by atoms with van der Waals surface area (Å²) in [5.41, 5.74) is 6.65. The summed E-state index contributed by atoms with van der Waals surface area (Å²) < 4.78 is 5.32. The number of hydrazone groups is 1. The highest BCUT2D eigenvalue weighted by Gasteiger charge is 1.95. The van der Waals surface area contributed by atoms with Gasteiger partial charge in [0, 0.05) is 0 Å². The van der Waals surface area contributed by atoms with Crippen LogP contribution < -0.4 is 16.3 Å². The molecule has 0 saturated carbocycles. The zero-order chi connectivity index (χ0) is 10.4. The molecule has 0 amide bonds. The van der Waals surface area contributed by atoms with Crippen molar-refractivity contribution in [3.8, 4) is 5.75 Å². The molecular weight excluding hydrogens is 178 g/mol. The van der Waals surface area contributed by atoms with Crippen LogP contribution in [0.25, 0.3) is 0 Å². The van der Waals surface area contributed by atoms with Crippen molar-refractivity contribution in [3.05, 3.63) is 29.8 Å². The molecule has 4 nitrogen and oxygen atoms in total. The van der Waals surface area contributed by atoms with Crippen molar-refractivity contribution in [3.63, 3.8) is 0 Å². The third-order valence-electron chi connectivity index (χ3n) is 1.88. The van der Waals surface area contributed by atoms with Gasteiger partial charge in [0.05, 0.1) is 0 Å². The van der Waals surface area contributed by atoms with E-state index in [1.807, 2.05) is 24.3 Å². The molecule has 0 radical (unpaired) electrons. The van der Waals surface area contributed by atoms with Crippen molar-refractivity contribution in [1.82, 2.24) is 0 Å². The maximum Gasteiger partial charge on any atom is 0.157 e. The third kappa shape index (κ3) is 2.97. The van der Waals surface area contributed by atoms with Gasteiger partial charge in [-0.1, -0.05) is 19.1 Å². The van der Waals surface area contributed by atoms with E-state index in [1.54, 1.807) is 0 Å². The maximum atomic E-state index is 5.38. The Morgan fingerprint density at radius 2 is 2.00 bits per heavy atom. The Balaban J connectivity index is 2.52. The fourth-order valence-electron chi connectivity index (χ4n) is 1.02. The van der Waals surface area contributed by atoms with Crippen LogP contribution in [0, 0.1) is 0 Å². The summed E-state index contributed by atoms with van der Waals surface area (Å²) in [4.78, 5) is 0. The van der Waals surface area contributed by atoms with Crippen LogP contribution in [0.1, 0.15) is 12.5 Å². The molecule has 14 heavy (non-hydrogen) atoms. The fourth-order valence-corrected chi connectivity index (χ4v) is 1.02. The number of benzene rings is 1. The van der Waals surface area contributed by atoms with Crippen molar-refractivity contribution < 1.29 is 4.74 Å². The van der Waals surface area contributed by atoms with Gasteiger partial charge in [0.2, 0.25) is 0 Å². The summed E-state index contributed by atoms with van der Waals surface area (Å²) in [6, 6.07) is 7.85. The van der Waals surface area contributed by atoms with E-state index in [1.165, 1.54) is 5.56 Å². The Morgan fingerprint density at radius 3 is 2.50 bits per heavy atom. The van der Waals surface area contributed by atoms with Gasteiger partial charge in [-0.05, 0) is 24.1 Å². The number of hydrogen-bond acceptors (Lipinski definition) is 3. The molecule has 1 rings (SSSR count). The van der Waals surface area contributed by atoms with Crippen LogP contribution in [-0.2, 0) is 6.42 Å². The van der Waals surface area contributed by atoms with Crippen molar-refractivity contribution >= 4 is 5.84 Å². The molecule has 1 aromatic rings. The molecule has 0 atom stereocenters. The quantitative estimate of drug-likeness (QED) is 0.322. The van der Waals surface area contributed by atoms with Gasteiger partial charge >= 0.3 is 0 Å². The van der Waals surface area contributed by atoms with Gasteiger partial charge in [-0.15, -0.1) is 0 Å². The first-order valence-electron chi connectivity index (χ1n) is 4.50. The molecule has 0 bridgehead atoms. The van der Waals surface area contributed by atoms with Crippen molar-refractivity contribution in [2.24, 2.45) is 16.7 Å². The van der Waals surface area contributed by atoms with Crippen LogP contribution in [-0.4, -0.2) is 12.4 Å². The van der Waals surface area contributed by atoms with Crippen LogP contribution in [0.2, 0.25) is 0 Å². The van der Waals surface area contributed by atoms with E-state index in [0.29, 0.717) is 0 Å². The normalized spacial score (nSPS) is 11.4. The molecule has 0 aliphatic rings. The summed E-state index contributed by atoms with van der Waals surface area (Å²) in [6.07, 6.45) is 1.02. The molecule has 0 heterocycles. The second kappa shape index (κ2) is 5.11. The summed E-state index contributed by atoms with van der Waals surface area (Å²) in [6.45, 7) is 2.33. The Kier molecular flexibility index (Phi) is 3.79. The van der Waals surface area contributed by atoms with Gasteiger partial charge in [-0.2, -0.15) is 5.10 Å². The highest BCUT2D eigenvalue weighted by Crippen LogP contribution is 2.11. The molecule has 0 saturated heterocycles. The predicted octanol–water partition coefficient (Wildman–Crippen LogP) is 0.859. The van der Waals surface area contributed by atoms with E-state index in [9.17, 15) is 0 Å². The van der Waals surface area contributed by atoms with E-state index < -0.39 is 0 Å². The maximum absolute atomic E-state index is 5.38. The lowest BCUT2D eigenvalue weighted by Gasteiger charge is -2.05. The van der Waals surface area contributed by atoms with E-state index in [4.69, 9.17) is 16.3 Å². The van der Waals surface area contributed by atoms with Gasteiger partial charge in [0.15, 0.2) is 5.84 Å². The Labute approximate surface area is 83.5 Å². The molecule has 1 aromatic carbocycles. The van der Waals surface area contributed by atoms with Crippen LogP contribution in [0.3, 0.4) is 0 Å². The van der Waals surface area contributed by atoms with Crippen LogP contribution in [0.5, 0.6) is 5.75 Å². The van der Waals surface area contributed by atoms with Gasteiger partial charge in [0.25, 0.3) is 0 Å². The predicted molar refractivity (Wildman–Crippen MR) is 57.1 cm³/mol. The number of amidine groups is 1. The number of nitrogens with two attached hydrogens (primary N) is 2. The molecule has 4 heteroatoms. The van der Waals surface area contributed by atoms with Crippen molar-refractivity contribution in [2.45, 2.75) is 13.3 Å². The molecule has 0 unspecified atom stereocenters. The molecule has 0 aliphatic carbocycles. The number of ether oxygens (including phenoxy) is 1. The summed E-state index contributed by atoms with van der Waals surface area (Å²) in [5, 5.41) is 3.31. The molecular formula is C10H15N3O. The van der Waals surface area contributed by atoms with Crippen LogP contribution in [0.15, 0.2) is 29.4 Å². The monoisotopic (exact) mass is 193 g/mol. The summed E-state index contributed by atoms with van der Waals surface area (Å²) in [5.74, 6) is 6.02. The topological polar surface area (TPSA) is 73.6 Å². The first-order chi connectivity index (χ1) is 6.76. The van der Waals surface area contributed by atoms with Crippen molar-refractivity contribution in [2.75, 3.05) is 6.61 Å². The SMILES string of the molecule is CCc1ccc(OC/C(N)=N/N)cc1. The minimum absolute atomic E-state index is 0.224. The van der Waals surface area contributed by atoms with E-state index in [2.05, 4.69) is 12.0 Å². The van der Waals surface area contributed by atoms with Gasteiger partial charge < -0.3 is 16.3 Å². The number of rotatable bonds is 4. The van der Waals surface area contributed by atoms with Gasteiger partial charge in [-0.3, -0.25) is 0 Å². The molecule has 0 spiro atoms. The minimum Gasteiger partial charge on any atom is -0.486 e. The fraction of sp³-hybridized carbons (Fsp3) is 0.300. The average molecular weight is 193 g/mol. The standard InChI is InChI=1S/C10H15N3O/c1-2-8-3-5-9(6-4-8)14-7-10(11)13-12/h3-6H,2,7,12H2,1H3,(H2,11,13). The second-order valence-corrected chi connectivity index (χ2v) is 2.91. The molecule has 0 fully saturated rings. The van der Waals surface area contributed by atoms with E-state index >= 15 is 0 Å². The lowest BCUT2D eigenvalue weighted by molar-refractivity contribution is 0.375. The van der Waals surface area contributed by atoms with Crippen LogP contribution >= 0.6 is 0 Å². The highest BCUT2D eigenvalue weighted by atomic mass is 16.5. The minimum atomic E-state index is 0.224. The first kappa shape index (κ1) is 10.4. The Bertz CT molecular complexity index is 306. The lowest BCUT2D eigenvalue weighted by atomic mass is 10.2. The number of nitrogens with zero attached hydrogens (tertiary/aromatic N) is 1. The second-order valence-electron chi connectivity index (χ2n) is 2.91. The molecule has 76 valence electrons.